The summed E-state index contributed by atoms with van der Waals surface area (Å²) in [4.78, 5) is 13.0. The van der Waals surface area contributed by atoms with Crippen LogP contribution in [0.5, 0.6) is 0 Å². The van der Waals surface area contributed by atoms with Crippen molar-refractivity contribution < 1.29 is 69.0 Å². The number of esters is 1. The molecule has 0 spiro atoms. The van der Waals surface area contributed by atoms with Crippen molar-refractivity contribution in [2.24, 2.45) is 0 Å². The topological polar surface area (TPSA) is 214 Å². The first kappa shape index (κ1) is 58.9. The van der Waals surface area contributed by atoms with Crippen LogP contribution in [0.1, 0.15) is 200 Å². The van der Waals surface area contributed by atoms with E-state index >= 15 is 0 Å². The minimum atomic E-state index is -1.70. The third-order valence-corrected chi connectivity index (χ3v) is 12.5. The molecule has 64 heavy (non-hydrogen) atoms. The van der Waals surface area contributed by atoms with E-state index in [1.54, 1.807) is 0 Å². The third kappa shape index (κ3) is 26.3. The summed E-state index contributed by atoms with van der Waals surface area (Å²) in [6.07, 6.45) is 22.7. The Morgan fingerprint density at radius 3 is 1.44 bits per heavy atom. The number of ether oxygens (including phenoxy) is 6. The molecule has 0 amide bonds. The first-order chi connectivity index (χ1) is 31.1. The maximum atomic E-state index is 13.0. The Morgan fingerprint density at radius 2 is 0.922 bits per heavy atom. The van der Waals surface area contributed by atoms with Crippen molar-refractivity contribution >= 4 is 5.97 Å². The number of carbonyl (C=O) groups is 1. The van der Waals surface area contributed by atoms with E-state index in [1.165, 1.54) is 116 Å². The fourth-order valence-corrected chi connectivity index (χ4v) is 8.28. The fraction of sp³-hybridized carbons (Fsp3) is 0.940. The number of aliphatic hydroxyl groups is 7. The van der Waals surface area contributed by atoms with Gasteiger partial charge in [0.15, 0.2) is 12.6 Å². The Bertz CT molecular complexity index is 1110. The van der Waals surface area contributed by atoms with Gasteiger partial charge in [0, 0.05) is 13.0 Å². The number of rotatable bonds is 41. The van der Waals surface area contributed by atoms with E-state index in [9.17, 15) is 40.5 Å². The SMILES string of the molecule is CCCCCC/C=C\CCCCCCCC(=O)OC(COCCCCCCCCCCCCCCCCCCC)COC1OC(COC2OC(CO)C(O)C(O)C2O)C(O)C(O)C1O. The number of aliphatic hydroxyl groups excluding tert-OH is 7. The molecule has 2 aliphatic heterocycles. The zero-order valence-electron chi connectivity index (χ0n) is 40.0. The lowest BCUT2D eigenvalue weighted by Gasteiger charge is -2.42. The molecule has 0 aliphatic carbocycles. The van der Waals surface area contributed by atoms with Gasteiger partial charge in [-0.3, -0.25) is 4.79 Å². The minimum absolute atomic E-state index is 0.0639. The van der Waals surface area contributed by atoms with E-state index in [2.05, 4.69) is 26.0 Å². The first-order valence-electron chi connectivity index (χ1n) is 25.8. The average Bonchev–Trinajstić information content (AvgIpc) is 3.29. The van der Waals surface area contributed by atoms with Crippen LogP contribution in [-0.2, 0) is 33.2 Å². The van der Waals surface area contributed by atoms with Gasteiger partial charge in [0.2, 0.25) is 0 Å². The Morgan fingerprint density at radius 1 is 0.500 bits per heavy atom. The third-order valence-electron chi connectivity index (χ3n) is 12.5. The summed E-state index contributed by atoms with van der Waals surface area (Å²) in [6.45, 7) is 3.69. The normalized spacial score (nSPS) is 26.8. The molecule has 11 atom stereocenters. The van der Waals surface area contributed by atoms with E-state index in [0.29, 0.717) is 13.0 Å². The maximum Gasteiger partial charge on any atom is 0.306 e. The van der Waals surface area contributed by atoms with E-state index < -0.39 is 80.7 Å². The molecule has 14 heteroatoms. The van der Waals surface area contributed by atoms with Crippen molar-refractivity contribution in [1.29, 1.82) is 0 Å². The number of unbranched alkanes of at least 4 members (excludes halogenated alkanes) is 25. The molecular formula is C50H94O14. The van der Waals surface area contributed by atoms with Gasteiger partial charge in [0.05, 0.1) is 26.4 Å². The number of hydrogen-bond acceptors (Lipinski definition) is 14. The molecule has 0 radical (unpaired) electrons. The summed E-state index contributed by atoms with van der Waals surface area (Å²) in [5, 5.41) is 72.1. The molecule has 0 aromatic rings. The smallest absolute Gasteiger partial charge is 0.306 e. The highest BCUT2D eigenvalue weighted by molar-refractivity contribution is 5.69. The lowest BCUT2D eigenvalue weighted by atomic mass is 9.98. The average molecular weight is 919 g/mol. The molecular weight excluding hydrogens is 825 g/mol. The predicted octanol–water partition coefficient (Wildman–Crippen LogP) is 7.46. The van der Waals surface area contributed by atoms with Crippen LogP contribution in [0.2, 0.25) is 0 Å². The van der Waals surface area contributed by atoms with Crippen molar-refractivity contribution in [1.82, 2.24) is 0 Å². The molecule has 14 nitrogen and oxygen atoms in total. The highest BCUT2D eigenvalue weighted by Gasteiger charge is 2.47. The van der Waals surface area contributed by atoms with Crippen LogP contribution in [0.3, 0.4) is 0 Å². The second-order valence-electron chi connectivity index (χ2n) is 18.3. The maximum absolute atomic E-state index is 13.0. The molecule has 378 valence electrons. The molecule has 2 rings (SSSR count). The van der Waals surface area contributed by atoms with Gasteiger partial charge in [-0.25, -0.2) is 0 Å². The predicted molar refractivity (Wildman–Crippen MR) is 247 cm³/mol. The molecule has 0 bridgehead atoms. The summed E-state index contributed by atoms with van der Waals surface area (Å²) in [6, 6.07) is 0. The Hall–Kier alpha value is -1.27. The molecule has 0 aromatic heterocycles. The van der Waals surface area contributed by atoms with Gasteiger partial charge in [-0.15, -0.1) is 0 Å². The fourth-order valence-electron chi connectivity index (χ4n) is 8.28. The molecule has 2 aliphatic rings. The molecule has 2 fully saturated rings. The van der Waals surface area contributed by atoms with Gasteiger partial charge in [0.1, 0.15) is 54.9 Å². The van der Waals surface area contributed by atoms with Crippen LogP contribution in [0.25, 0.3) is 0 Å². The van der Waals surface area contributed by atoms with E-state index in [-0.39, 0.29) is 25.6 Å². The van der Waals surface area contributed by atoms with E-state index in [0.717, 1.165) is 57.8 Å². The molecule has 7 N–H and O–H groups in total. The molecule has 0 saturated carbocycles. The standard InChI is InChI=1S/C50H94O14/c1-3-5-7-9-11-13-15-17-18-19-20-22-24-26-28-30-32-34-59-36-39(62-42(52)33-31-29-27-25-23-21-16-14-12-10-8-6-4-2)37-60-49-48(58)46(56)44(54)41(64-49)38-61-50-47(57)45(55)43(53)40(35-51)63-50/h14,16,39-41,43-51,53-58H,3-13,15,17-38H2,1-2H3/b16-14-. The Labute approximate surface area is 386 Å². The molecule has 2 heterocycles. The van der Waals surface area contributed by atoms with E-state index in [1.807, 2.05) is 0 Å². The zero-order chi connectivity index (χ0) is 46.6. The van der Waals surface area contributed by atoms with Crippen LogP contribution in [0, 0.1) is 0 Å². The summed E-state index contributed by atoms with van der Waals surface area (Å²) >= 11 is 0. The van der Waals surface area contributed by atoms with Gasteiger partial charge in [-0.1, -0.05) is 167 Å². The van der Waals surface area contributed by atoms with Gasteiger partial charge >= 0.3 is 5.97 Å². The second kappa shape index (κ2) is 38.7. The quantitative estimate of drug-likeness (QED) is 0.0180. The van der Waals surface area contributed by atoms with E-state index in [4.69, 9.17) is 28.4 Å². The molecule has 2 saturated heterocycles. The van der Waals surface area contributed by atoms with Crippen molar-refractivity contribution in [2.75, 3.05) is 33.0 Å². The summed E-state index contributed by atoms with van der Waals surface area (Å²) in [5.74, 6) is -0.382. The van der Waals surface area contributed by atoms with Gasteiger partial charge in [-0.2, -0.15) is 0 Å². The minimum Gasteiger partial charge on any atom is -0.457 e. The number of hydrogen-bond donors (Lipinski definition) is 7. The van der Waals surface area contributed by atoms with Gasteiger partial charge in [0.25, 0.3) is 0 Å². The van der Waals surface area contributed by atoms with Crippen molar-refractivity contribution in [2.45, 2.75) is 268 Å². The van der Waals surface area contributed by atoms with Crippen molar-refractivity contribution in [3.63, 3.8) is 0 Å². The molecule has 11 unspecified atom stereocenters. The summed E-state index contributed by atoms with van der Waals surface area (Å²) in [7, 11) is 0. The lowest BCUT2D eigenvalue weighted by molar-refractivity contribution is -0.332. The highest BCUT2D eigenvalue weighted by Crippen LogP contribution is 2.26. The number of carbonyl (C=O) groups excluding carboxylic acids is 1. The summed E-state index contributed by atoms with van der Waals surface area (Å²) in [5.41, 5.74) is 0. The zero-order valence-corrected chi connectivity index (χ0v) is 40.0. The molecule has 0 aromatic carbocycles. The van der Waals surface area contributed by atoms with Gasteiger partial charge < -0.3 is 64.2 Å². The van der Waals surface area contributed by atoms with Crippen molar-refractivity contribution in [3.8, 4) is 0 Å². The van der Waals surface area contributed by atoms with Crippen LogP contribution in [-0.4, -0.2) is 142 Å². The van der Waals surface area contributed by atoms with Crippen LogP contribution < -0.4 is 0 Å². The van der Waals surface area contributed by atoms with Crippen molar-refractivity contribution in [3.05, 3.63) is 12.2 Å². The lowest BCUT2D eigenvalue weighted by Crippen LogP contribution is -2.61. The van der Waals surface area contributed by atoms with Gasteiger partial charge in [-0.05, 0) is 38.5 Å². The summed E-state index contributed by atoms with van der Waals surface area (Å²) < 4.78 is 34.3. The van der Waals surface area contributed by atoms with Crippen LogP contribution in [0.15, 0.2) is 12.2 Å². The van der Waals surface area contributed by atoms with Crippen LogP contribution in [0.4, 0.5) is 0 Å². The highest BCUT2D eigenvalue weighted by atomic mass is 16.7. The monoisotopic (exact) mass is 919 g/mol. The first-order valence-corrected chi connectivity index (χ1v) is 25.8. The number of allylic oxidation sites excluding steroid dienone is 2. The Kier molecular flexibility index (Phi) is 35.6. The van der Waals surface area contributed by atoms with Crippen LogP contribution >= 0.6 is 0 Å². The largest absolute Gasteiger partial charge is 0.457 e. The second-order valence-corrected chi connectivity index (χ2v) is 18.3. The Balaban J connectivity index is 1.76.